The third-order valence-electron chi connectivity index (χ3n) is 1.76. The predicted octanol–water partition coefficient (Wildman–Crippen LogP) is 1.92. The zero-order valence-electron chi connectivity index (χ0n) is 8.19. The fraction of sp³-hybridized carbons (Fsp3) is 0.300. The molecule has 0 saturated carbocycles. The van der Waals surface area contributed by atoms with E-state index in [9.17, 15) is 4.79 Å². The molecule has 0 aliphatic heterocycles. The molecule has 1 rings (SSSR count). The summed E-state index contributed by atoms with van der Waals surface area (Å²) in [5.74, 6) is -0.238. The van der Waals surface area contributed by atoms with Gasteiger partial charge in [-0.15, -0.1) is 11.8 Å². The van der Waals surface area contributed by atoms with Crippen molar-refractivity contribution in [1.29, 1.82) is 0 Å². The van der Waals surface area contributed by atoms with Gasteiger partial charge in [0.1, 0.15) is 5.25 Å². The van der Waals surface area contributed by atoms with Crippen LogP contribution < -0.4 is 5.73 Å². The van der Waals surface area contributed by atoms with Crippen LogP contribution in [0.5, 0.6) is 0 Å². The van der Waals surface area contributed by atoms with Gasteiger partial charge in [0.2, 0.25) is 0 Å². The van der Waals surface area contributed by atoms with Crippen LogP contribution in [0.15, 0.2) is 29.2 Å². The standard InChI is InChI=1S/C10H13NO2S/c1-7(10(12)13-2)14-9-6-4-3-5-8(9)11/h3-7H,11H2,1-2H3. The smallest absolute Gasteiger partial charge is 0.318 e. The Balaban J connectivity index is 2.69. The molecule has 1 atom stereocenters. The molecule has 0 amide bonds. The zero-order chi connectivity index (χ0) is 10.6. The number of hydrogen-bond acceptors (Lipinski definition) is 4. The average molecular weight is 211 g/mol. The minimum Gasteiger partial charge on any atom is -0.468 e. The number of methoxy groups -OCH3 is 1. The van der Waals surface area contributed by atoms with Gasteiger partial charge in [0, 0.05) is 10.6 Å². The lowest BCUT2D eigenvalue weighted by Crippen LogP contribution is -2.14. The van der Waals surface area contributed by atoms with E-state index in [1.54, 1.807) is 6.92 Å². The van der Waals surface area contributed by atoms with E-state index in [-0.39, 0.29) is 11.2 Å². The van der Waals surface area contributed by atoms with Gasteiger partial charge in [0.15, 0.2) is 0 Å². The van der Waals surface area contributed by atoms with Crippen molar-refractivity contribution in [3.05, 3.63) is 24.3 Å². The maximum atomic E-state index is 11.1. The summed E-state index contributed by atoms with van der Waals surface area (Å²) in [7, 11) is 1.38. The normalized spacial score (nSPS) is 12.1. The van der Waals surface area contributed by atoms with Gasteiger partial charge in [-0.1, -0.05) is 12.1 Å². The summed E-state index contributed by atoms with van der Waals surface area (Å²) < 4.78 is 4.62. The van der Waals surface area contributed by atoms with Crippen LogP contribution in [0, 0.1) is 0 Å². The van der Waals surface area contributed by atoms with E-state index in [0.29, 0.717) is 5.69 Å². The summed E-state index contributed by atoms with van der Waals surface area (Å²) in [6.07, 6.45) is 0. The van der Waals surface area contributed by atoms with Crippen LogP contribution in [0.2, 0.25) is 0 Å². The van der Waals surface area contributed by atoms with Gasteiger partial charge < -0.3 is 10.5 Å². The highest BCUT2D eigenvalue weighted by Crippen LogP contribution is 2.28. The Morgan fingerprint density at radius 1 is 1.50 bits per heavy atom. The summed E-state index contributed by atoms with van der Waals surface area (Å²) in [6.45, 7) is 1.79. The van der Waals surface area contributed by atoms with Crippen molar-refractivity contribution < 1.29 is 9.53 Å². The van der Waals surface area contributed by atoms with E-state index < -0.39 is 0 Å². The Bertz CT molecular complexity index is 328. The van der Waals surface area contributed by atoms with E-state index >= 15 is 0 Å². The quantitative estimate of drug-likeness (QED) is 0.471. The van der Waals surface area contributed by atoms with Crippen molar-refractivity contribution in [2.24, 2.45) is 0 Å². The summed E-state index contributed by atoms with van der Waals surface area (Å²) >= 11 is 1.40. The van der Waals surface area contributed by atoms with Crippen LogP contribution in [0.3, 0.4) is 0 Å². The van der Waals surface area contributed by atoms with Crippen LogP contribution in [0.1, 0.15) is 6.92 Å². The number of carbonyl (C=O) groups is 1. The van der Waals surface area contributed by atoms with Gasteiger partial charge >= 0.3 is 5.97 Å². The summed E-state index contributed by atoms with van der Waals surface area (Å²) in [6, 6.07) is 7.46. The second kappa shape index (κ2) is 4.91. The first-order valence-corrected chi connectivity index (χ1v) is 5.12. The zero-order valence-corrected chi connectivity index (χ0v) is 9.01. The van der Waals surface area contributed by atoms with E-state index in [4.69, 9.17) is 5.73 Å². The number of nitrogens with two attached hydrogens (primary N) is 1. The van der Waals surface area contributed by atoms with E-state index in [2.05, 4.69) is 4.74 Å². The van der Waals surface area contributed by atoms with Crippen molar-refractivity contribution in [2.75, 3.05) is 12.8 Å². The molecule has 2 N–H and O–H groups in total. The molecule has 14 heavy (non-hydrogen) atoms. The molecule has 0 aliphatic rings. The number of anilines is 1. The van der Waals surface area contributed by atoms with Gasteiger partial charge in [-0.25, -0.2) is 0 Å². The maximum absolute atomic E-state index is 11.1. The Kier molecular flexibility index (Phi) is 3.83. The van der Waals surface area contributed by atoms with Crippen molar-refractivity contribution >= 4 is 23.4 Å². The molecule has 0 radical (unpaired) electrons. The topological polar surface area (TPSA) is 52.3 Å². The number of nitrogen functional groups attached to an aromatic ring is 1. The number of rotatable bonds is 3. The van der Waals surface area contributed by atoms with Crippen LogP contribution in [-0.4, -0.2) is 18.3 Å². The van der Waals surface area contributed by atoms with Gasteiger partial charge in [0.25, 0.3) is 0 Å². The number of hydrogen-bond donors (Lipinski definition) is 1. The van der Waals surface area contributed by atoms with Crippen molar-refractivity contribution in [2.45, 2.75) is 17.1 Å². The summed E-state index contributed by atoms with van der Waals surface area (Å²) in [5.41, 5.74) is 6.43. The molecule has 0 bridgehead atoms. The molecule has 0 fully saturated rings. The Morgan fingerprint density at radius 3 is 2.71 bits per heavy atom. The molecule has 76 valence electrons. The molecule has 0 aliphatic carbocycles. The Hall–Kier alpha value is -1.16. The molecule has 1 aromatic carbocycles. The predicted molar refractivity (Wildman–Crippen MR) is 58.2 cm³/mol. The lowest BCUT2D eigenvalue weighted by Gasteiger charge is -2.10. The lowest BCUT2D eigenvalue weighted by molar-refractivity contribution is -0.139. The molecule has 0 aromatic heterocycles. The van der Waals surface area contributed by atoms with Crippen molar-refractivity contribution in [1.82, 2.24) is 0 Å². The first-order chi connectivity index (χ1) is 6.65. The number of benzene rings is 1. The molecule has 1 unspecified atom stereocenters. The largest absolute Gasteiger partial charge is 0.468 e. The van der Waals surface area contributed by atoms with Crippen LogP contribution in [-0.2, 0) is 9.53 Å². The highest BCUT2D eigenvalue weighted by atomic mass is 32.2. The first kappa shape index (κ1) is 10.9. The molecule has 1 aromatic rings. The van der Waals surface area contributed by atoms with Gasteiger partial charge in [0.05, 0.1) is 7.11 Å². The van der Waals surface area contributed by atoms with Crippen molar-refractivity contribution in [3.63, 3.8) is 0 Å². The lowest BCUT2D eigenvalue weighted by atomic mass is 10.3. The second-order valence-corrected chi connectivity index (χ2v) is 4.20. The van der Waals surface area contributed by atoms with Crippen LogP contribution in [0.25, 0.3) is 0 Å². The third-order valence-corrected chi connectivity index (χ3v) is 2.93. The number of thioether (sulfide) groups is 1. The number of esters is 1. The van der Waals surface area contributed by atoms with Gasteiger partial charge in [-0.2, -0.15) is 0 Å². The highest BCUT2D eigenvalue weighted by molar-refractivity contribution is 8.00. The minimum atomic E-state index is -0.238. The van der Waals surface area contributed by atoms with E-state index in [1.807, 2.05) is 24.3 Å². The third kappa shape index (κ3) is 2.67. The summed E-state index contributed by atoms with van der Waals surface area (Å²) in [4.78, 5) is 12.1. The summed E-state index contributed by atoms with van der Waals surface area (Å²) in [5, 5.41) is -0.232. The molecule has 0 spiro atoms. The molecule has 3 nitrogen and oxygen atoms in total. The number of ether oxygens (including phenoxy) is 1. The molecule has 0 heterocycles. The second-order valence-electron chi connectivity index (χ2n) is 2.82. The van der Waals surface area contributed by atoms with Gasteiger partial charge in [-0.3, -0.25) is 4.79 Å². The van der Waals surface area contributed by atoms with Crippen molar-refractivity contribution in [3.8, 4) is 0 Å². The molecule has 0 saturated heterocycles. The van der Waals surface area contributed by atoms with Crippen LogP contribution >= 0.6 is 11.8 Å². The van der Waals surface area contributed by atoms with E-state index in [0.717, 1.165) is 4.90 Å². The average Bonchev–Trinajstić information content (AvgIpc) is 2.20. The first-order valence-electron chi connectivity index (χ1n) is 4.24. The fourth-order valence-corrected chi connectivity index (χ4v) is 1.93. The van der Waals surface area contributed by atoms with Crippen LogP contribution in [0.4, 0.5) is 5.69 Å². The highest BCUT2D eigenvalue weighted by Gasteiger charge is 2.15. The number of carbonyl (C=O) groups excluding carboxylic acids is 1. The Morgan fingerprint density at radius 2 is 2.14 bits per heavy atom. The van der Waals surface area contributed by atoms with E-state index in [1.165, 1.54) is 18.9 Å². The Labute approximate surface area is 87.6 Å². The molecule has 4 heteroatoms. The fourth-order valence-electron chi connectivity index (χ4n) is 0.992. The van der Waals surface area contributed by atoms with Gasteiger partial charge in [-0.05, 0) is 19.1 Å². The SMILES string of the molecule is COC(=O)C(C)Sc1ccccc1N. The number of para-hydroxylation sites is 1. The maximum Gasteiger partial charge on any atom is 0.318 e. The minimum absolute atomic E-state index is 0.232. The monoisotopic (exact) mass is 211 g/mol. The molecular weight excluding hydrogens is 198 g/mol. The molecular formula is C10H13NO2S.